The van der Waals surface area contributed by atoms with E-state index in [1.807, 2.05) is 6.92 Å². The van der Waals surface area contributed by atoms with Gasteiger partial charge in [0, 0.05) is 13.1 Å². The zero-order valence-corrected chi connectivity index (χ0v) is 8.75. The van der Waals surface area contributed by atoms with Crippen molar-refractivity contribution in [2.45, 2.75) is 26.2 Å². The number of hydrogen-bond acceptors (Lipinski definition) is 2. The van der Waals surface area contributed by atoms with Crippen LogP contribution in [-0.4, -0.2) is 24.1 Å². The van der Waals surface area contributed by atoms with Crippen LogP contribution in [0.1, 0.15) is 26.2 Å². The van der Waals surface area contributed by atoms with Crippen LogP contribution in [0.4, 0.5) is 4.79 Å². The van der Waals surface area contributed by atoms with E-state index in [4.69, 9.17) is 18.0 Å². The molecule has 0 aromatic heterocycles. The van der Waals surface area contributed by atoms with E-state index < -0.39 is 0 Å². The van der Waals surface area contributed by atoms with Crippen LogP contribution in [0.3, 0.4) is 0 Å². The average Bonchev–Trinajstić information content (AvgIpc) is 2.08. The molecule has 5 heteroatoms. The highest BCUT2D eigenvalue weighted by atomic mass is 32.1. The van der Waals surface area contributed by atoms with Crippen molar-refractivity contribution < 1.29 is 4.79 Å². The fourth-order valence-electron chi connectivity index (χ4n) is 0.766. The second-order valence-corrected chi connectivity index (χ2v) is 3.28. The van der Waals surface area contributed by atoms with Crippen molar-refractivity contribution in [3.63, 3.8) is 0 Å². The highest BCUT2D eigenvalue weighted by molar-refractivity contribution is 7.80. The molecule has 2 amide bonds. The first-order valence-electron chi connectivity index (χ1n) is 4.46. The van der Waals surface area contributed by atoms with Crippen LogP contribution in [0.25, 0.3) is 0 Å². The molecule has 0 saturated heterocycles. The Hall–Kier alpha value is -0.840. The maximum Gasteiger partial charge on any atom is 0.314 e. The summed E-state index contributed by atoms with van der Waals surface area (Å²) in [5, 5.41) is 5.41. The lowest BCUT2D eigenvalue weighted by molar-refractivity contribution is 0.241. The van der Waals surface area contributed by atoms with Gasteiger partial charge < -0.3 is 16.4 Å². The molecule has 4 nitrogen and oxygen atoms in total. The van der Waals surface area contributed by atoms with E-state index in [1.165, 1.54) is 0 Å². The van der Waals surface area contributed by atoms with E-state index in [0.29, 0.717) is 24.5 Å². The number of nitrogens with one attached hydrogen (secondary N) is 2. The standard InChI is InChI=1S/C8H17N3OS/c1-2-5-10-8(12)11-6-3-4-7(9)13/h2-6H2,1H3,(H2,9,13)(H2,10,11,12). The smallest absolute Gasteiger partial charge is 0.314 e. The monoisotopic (exact) mass is 203 g/mol. The predicted molar refractivity (Wildman–Crippen MR) is 57.7 cm³/mol. The summed E-state index contributed by atoms with van der Waals surface area (Å²) in [5.41, 5.74) is 5.29. The Morgan fingerprint density at radius 2 is 2.00 bits per heavy atom. The number of nitrogens with two attached hydrogens (primary N) is 1. The van der Waals surface area contributed by atoms with Gasteiger partial charge in [-0.2, -0.15) is 0 Å². The minimum Gasteiger partial charge on any atom is -0.393 e. The first kappa shape index (κ1) is 12.2. The molecule has 0 heterocycles. The van der Waals surface area contributed by atoms with Crippen molar-refractivity contribution in [2.75, 3.05) is 13.1 Å². The van der Waals surface area contributed by atoms with E-state index in [2.05, 4.69) is 10.6 Å². The topological polar surface area (TPSA) is 67.2 Å². The molecule has 0 aromatic rings. The molecule has 0 fully saturated rings. The largest absolute Gasteiger partial charge is 0.393 e. The van der Waals surface area contributed by atoms with Gasteiger partial charge in [-0.25, -0.2) is 4.79 Å². The number of hydrogen-bond donors (Lipinski definition) is 3. The zero-order valence-electron chi connectivity index (χ0n) is 7.93. The molecule has 0 aliphatic rings. The third kappa shape index (κ3) is 9.07. The summed E-state index contributed by atoms with van der Waals surface area (Å²) in [6.07, 6.45) is 2.43. The van der Waals surface area contributed by atoms with Crippen molar-refractivity contribution in [2.24, 2.45) is 5.73 Å². The summed E-state index contributed by atoms with van der Waals surface area (Å²) in [6, 6.07) is -0.121. The molecule has 13 heavy (non-hydrogen) atoms. The van der Waals surface area contributed by atoms with Crippen molar-refractivity contribution >= 4 is 23.2 Å². The number of amides is 2. The second-order valence-electron chi connectivity index (χ2n) is 2.75. The molecule has 0 radical (unpaired) electrons. The van der Waals surface area contributed by atoms with E-state index in [1.54, 1.807) is 0 Å². The molecular weight excluding hydrogens is 186 g/mol. The van der Waals surface area contributed by atoms with E-state index in [0.717, 1.165) is 12.8 Å². The highest BCUT2D eigenvalue weighted by Gasteiger charge is 1.96. The molecule has 4 N–H and O–H groups in total. The Bertz CT molecular complexity index is 173. The van der Waals surface area contributed by atoms with Gasteiger partial charge in [0.1, 0.15) is 0 Å². The fourth-order valence-corrected chi connectivity index (χ4v) is 0.910. The van der Waals surface area contributed by atoms with E-state index >= 15 is 0 Å². The van der Waals surface area contributed by atoms with Crippen LogP contribution in [0.2, 0.25) is 0 Å². The van der Waals surface area contributed by atoms with E-state index in [-0.39, 0.29) is 6.03 Å². The van der Waals surface area contributed by atoms with Gasteiger partial charge in [-0.05, 0) is 19.3 Å². The van der Waals surface area contributed by atoms with Gasteiger partial charge in [-0.1, -0.05) is 19.1 Å². The molecule has 0 aliphatic carbocycles. The van der Waals surface area contributed by atoms with Crippen molar-refractivity contribution in [3.8, 4) is 0 Å². The molecule has 0 atom stereocenters. The average molecular weight is 203 g/mol. The van der Waals surface area contributed by atoms with Gasteiger partial charge in [0.25, 0.3) is 0 Å². The maximum absolute atomic E-state index is 11.0. The van der Waals surface area contributed by atoms with Crippen LogP contribution in [0.15, 0.2) is 0 Å². The number of carbonyl (C=O) groups excluding carboxylic acids is 1. The summed E-state index contributed by atoms with van der Waals surface area (Å²) >= 11 is 4.69. The Balaban J connectivity index is 3.22. The Morgan fingerprint density at radius 3 is 2.54 bits per heavy atom. The lowest BCUT2D eigenvalue weighted by atomic mass is 10.3. The quantitative estimate of drug-likeness (QED) is 0.441. The number of thiocarbonyl (C=S) groups is 1. The van der Waals surface area contributed by atoms with Gasteiger partial charge in [0.05, 0.1) is 4.99 Å². The summed E-state index contributed by atoms with van der Waals surface area (Å²) in [4.78, 5) is 11.5. The third-order valence-corrected chi connectivity index (χ3v) is 1.63. The van der Waals surface area contributed by atoms with Gasteiger partial charge in [0.2, 0.25) is 0 Å². The number of carbonyl (C=O) groups is 1. The van der Waals surface area contributed by atoms with Crippen molar-refractivity contribution in [1.29, 1.82) is 0 Å². The molecule has 0 rings (SSSR count). The normalized spacial score (nSPS) is 9.31. The maximum atomic E-state index is 11.0. The van der Waals surface area contributed by atoms with Crippen LogP contribution < -0.4 is 16.4 Å². The van der Waals surface area contributed by atoms with Gasteiger partial charge in [-0.3, -0.25) is 0 Å². The number of rotatable bonds is 6. The molecule has 0 aliphatic heterocycles. The molecular formula is C8H17N3OS. The first-order chi connectivity index (χ1) is 6.16. The molecule has 0 saturated carbocycles. The summed E-state index contributed by atoms with van der Waals surface area (Å²) < 4.78 is 0. The zero-order chi connectivity index (χ0) is 10.1. The van der Waals surface area contributed by atoms with Gasteiger partial charge in [0.15, 0.2) is 0 Å². The van der Waals surface area contributed by atoms with Gasteiger partial charge in [-0.15, -0.1) is 0 Å². The SMILES string of the molecule is CCCNC(=O)NCCCC(N)=S. The molecule has 0 aromatic carbocycles. The molecule has 0 bridgehead atoms. The molecule has 0 spiro atoms. The third-order valence-electron chi connectivity index (χ3n) is 1.42. The second kappa shape index (κ2) is 7.79. The highest BCUT2D eigenvalue weighted by Crippen LogP contribution is 1.86. The minimum absolute atomic E-state index is 0.121. The Kier molecular flexibility index (Phi) is 7.29. The van der Waals surface area contributed by atoms with Crippen LogP contribution in [0, 0.1) is 0 Å². The molecule has 76 valence electrons. The van der Waals surface area contributed by atoms with Crippen LogP contribution in [0.5, 0.6) is 0 Å². The fraction of sp³-hybridized carbons (Fsp3) is 0.750. The predicted octanol–water partition coefficient (Wildman–Crippen LogP) is 0.762. The number of urea groups is 1. The first-order valence-corrected chi connectivity index (χ1v) is 4.87. The summed E-state index contributed by atoms with van der Waals surface area (Å²) in [7, 11) is 0. The summed E-state index contributed by atoms with van der Waals surface area (Å²) in [5.74, 6) is 0. The van der Waals surface area contributed by atoms with Crippen molar-refractivity contribution in [1.82, 2.24) is 10.6 Å². The Morgan fingerprint density at radius 1 is 1.38 bits per heavy atom. The van der Waals surface area contributed by atoms with Crippen LogP contribution >= 0.6 is 12.2 Å². The molecule has 0 unspecified atom stereocenters. The lowest BCUT2D eigenvalue weighted by Gasteiger charge is -2.05. The van der Waals surface area contributed by atoms with Crippen molar-refractivity contribution in [3.05, 3.63) is 0 Å². The van der Waals surface area contributed by atoms with Gasteiger partial charge >= 0.3 is 6.03 Å². The van der Waals surface area contributed by atoms with Crippen LogP contribution in [-0.2, 0) is 0 Å². The Labute approximate surface area is 84.3 Å². The minimum atomic E-state index is -0.121. The lowest BCUT2D eigenvalue weighted by Crippen LogP contribution is -2.36. The van der Waals surface area contributed by atoms with E-state index in [9.17, 15) is 4.79 Å². The summed E-state index contributed by atoms with van der Waals surface area (Å²) in [6.45, 7) is 3.33.